The number of hydrogen-bond acceptors (Lipinski definition) is 2. The van der Waals surface area contributed by atoms with E-state index in [4.69, 9.17) is 0 Å². The van der Waals surface area contributed by atoms with Crippen molar-refractivity contribution in [3.63, 3.8) is 0 Å². The van der Waals surface area contributed by atoms with Crippen LogP contribution in [-0.2, 0) is 6.54 Å². The summed E-state index contributed by atoms with van der Waals surface area (Å²) in [6.07, 6.45) is 1.79. The Bertz CT molecular complexity index is 624. The van der Waals surface area contributed by atoms with Crippen molar-refractivity contribution < 1.29 is 4.79 Å². The Labute approximate surface area is 106 Å². The molecule has 0 amide bonds. The minimum Gasteiger partial charge on any atom is -0.311 e. The van der Waals surface area contributed by atoms with E-state index in [0.717, 1.165) is 11.1 Å². The van der Waals surface area contributed by atoms with E-state index in [1.807, 2.05) is 25.1 Å². The maximum atomic E-state index is 11.7. The maximum absolute atomic E-state index is 11.7. The molecule has 0 unspecified atom stereocenters. The van der Waals surface area contributed by atoms with Crippen LogP contribution in [0.3, 0.4) is 0 Å². The number of aromatic nitrogens is 1. The molecule has 0 aliphatic rings. The van der Waals surface area contributed by atoms with Crippen LogP contribution >= 0.6 is 0 Å². The molecule has 92 valence electrons. The second kappa shape index (κ2) is 5.00. The van der Waals surface area contributed by atoms with Gasteiger partial charge in [0, 0.05) is 17.8 Å². The summed E-state index contributed by atoms with van der Waals surface area (Å²) >= 11 is 0. The molecular formula is C15H15NO2. The van der Waals surface area contributed by atoms with E-state index in [2.05, 4.69) is 0 Å². The third-order valence-electron chi connectivity index (χ3n) is 2.86. The largest absolute Gasteiger partial charge is 0.311 e. The van der Waals surface area contributed by atoms with Crippen LogP contribution in [0.2, 0.25) is 0 Å². The van der Waals surface area contributed by atoms with Crippen LogP contribution in [0.15, 0.2) is 47.4 Å². The molecule has 2 rings (SSSR count). The Morgan fingerprint density at radius 3 is 2.39 bits per heavy atom. The number of carbonyl (C=O) groups excluding carboxylic acids is 1. The molecule has 0 bridgehead atoms. The van der Waals surface area contributed by atoms with E-state index in [1.54, 1.807) is 35.9 Å². The standard InChI is InChI=1S/C15H15NO2/c1-11-7-8-16(15(18)9-11)10-13-3-5-14(6-4-13)12(2)17/h3-9H,10H2,1-2H3. The van der Waals surface area contributed by atoms with Gasteiger partial charge < -0.3 is 4.57 Å². The molecule has 0 saturated heterocycles. The van der Waals surface area contributed by atoms with Crippen molar-refractivity contribution in [2.75, 3.05) is 0 Å². The second-order valence-corrected chi connectivity index (χ2v) is 4.42. The van der Waals surface area contributed by atoms with Crippen LogP contribution in [0.1, 0.15) is 28.4 Å². The fourth-order valence-corrected chi connectivity index (χ4v) is 1.78. The summed E-state index contributed by atoms with van der Waals surface area (Å²) < 4.78 is 1.65. The maximum Gasteiger partial charge on any atom is 0.251 e. The Kier molecular flexibility index (Phi) is 3.42. The fourth-order valence-electron chi connectivity index (χ4n) is 1.78. The van der Waals surface area contributed by atoms with E-state index < -0.39 is 0 Å². The molecule has 0 saturated carbocycles. The van der Waals surface area contributed by atoms with E-state index in [1.165, 1.54) is 0 Å². The predicted octanol–water partition coefficient (Wildman–Crippen LogP) is 2.41. The van der Waals surface area contributed by atoms with Crippen molar-refractivity contribution in [2.24, 2.45) is 0 Å². The molecule has 0 aliphatic heterocycles. The quantitative estimate of drug-likeness (QED) is 0.774. The molecule has 0 radical (unpaired) electrons. The monoisotopic (exact) mass is 241 g/mol. The number of carbonyl (C=O) groups is 1. The first kappa shape index (κ1) is 12.3. The van der Waals surface area contributed by atoms with Crippen molar-refractivity contribution in [1.29, 1.82) is 0 Å². The minimum atomic E-state index is -0.00866. The Balaban J connectivity index is 2.23. The number of benzene rings is 1. The second-order valence-electron chi connectivity index (χ2n) is 4.42. The highest BCUT2D eigenvalue weighted by Crippen LogP contribution is 2.06. The third kappa shape index (κ3) is 2.74. The summed E-state index contributed by atoms with van der Waals surface area (Å²) in [5.74, 6) is 0.0500. The number of ketones is 1. The first-order valence-corrected chi connectivity index (χ1v) is 5.83. The average Bonchev–Trinajstić information content (AvgIpc) is 2.33. The predicted molar refractivity (Wildman–Crippen MR) is 71.0 cm³/mol. The van der Waals surface area contributed by atoms with Crippen molar-refractivity contribution >= 4 is 5.78 Å². The summed E-state index contributed by atoms with van der Waals surface area (Å²) in [6, 6.07) is 10.9. The Morgan fingerprint density at radius 1 is 1.17 bits per heavy atom. The average molecular weight is 241 g/mol. The zero-order valence-corrected chi connectivity index (χ0v) is 10.5. The molecule has 0 spiro atoms. The van der Waals surface area contributed by atoms with Gasteiger partial charge in [-0.05, 0) is 31.0 Å². The molecule has 18 heavy (non-hydrogen) atoms. The Hall–Kier alpha value is -2.16. The van der Waals surface area contributed by atoms with Crippen LogP contribution < -0.4 is 5.56 Å². The van der Waals surface area contributed by atoms with Crippen molar-refractivity contribution in [3.05, 3.63) is 69.6 Å². The lowest BCUT2D eigenvalue weighted by molar-refractivity contribution is 0.101. The van der Waals surface area contributed by atoms with Gasteiger partial charge in [0.15, 0.2) is 5.78 Å². The zero-order valence-electron chi connectivity index (χ0n) is 10.5. The summed E-state index contributed by atoms with van der Waals surface area (Å²) in [6.45, 7) is 3.96. The van der Waals surface area contributed by atoms with Gasteiger partial charge in [-0.25, -0.2) is 0 Å². The van der Waals surface area contributed by atoms with E-state index >= 15 is 0 Å². The summed E-state index contributed by atoms with van der Waals surface area (Å²) in [4.78, 5) is 22.9. The highest BCUT2D eigenvalue weighted by molar-refractivity contribution is 5.93. The third-order valence-corrected chi connectivity index (χ3v) is 2.86. The molecule has 1 aromatic carbocycles. The molecule has 0 atom stereocenters. The number of rotatable bonds is 3. The molecule has 1 heterocycles. The van der Waals surface area contributed by atoms with Gasteiger partial charge in [-0.3, -0.25) is 9.59 Å². The van der Waals surface area contributed by atoms with Gasteiger partial charge in [0.1, 0.15) is 0 Å². The van der Waals surface area contributed by atoms with Crippen LogP contribution in [0.5, 0.6) is 0 Å². The number of hydrogen-bond donors (Lipinski definition) is 0. The fraction of sp³-hybridized carbons (Fsp3) is 0.200. The van der Waals surface area contributed by atoms with Crippen LogP contribution in [0, 0.1) is 6.92 Å². The van der Waals surface area contributed by atoms with Crippen LogP contribution in [0.25, 0.3) is 0 Å². The zero-order chi connectivity index (χ0) is 13.1. The van der Waals surface area contributed by atoms with Gasteiger partial charge in [-0.1, -0.05) is 24.3 Å². The van der Waals surface area contributed by atoms with Gasteiger partial charge in [0.25, 0.3) is 5.56 Å². The smallest absolute Gasteiger partial charge is 0.251 e. The molecule has 3 heteroatoms. The van der Waals surface area contributed by atoms with E-state index in [9.17, 15) is 9.59 Å². The lowest BCUT2D eigenvalue weighted by atomic mass is 10.1. The number of nitrogens with zero attached hydrogens (tertiary/aromatic N) is 1. The van der Waals surface area contributed by atoms with Crippen LogP contribution in [0.4, 0.5) is 0 Å². The van der Waals surface area contributed by atoms with Gasteiger partial charge in [0.2, 0.25) is 0 Å². The van der Waals surface area contributed by atoms with Crippen LogP contribution in [-0.4, -0.2) is 10.4 Å². The summed E-state index contributed by atoms with van der Waals surface area (Å²) in [5.41, 5.74) is 2.65. The molecular weight excluding hydrogens is 226 g/mol. The number of pyridine rings is 1. The Morgan fingerprint density at radius 2 is 1.83 bits per heavy atom. The highest BCUT2D eigenvalue weighted by atomic mass is 16.1. The SMILES string of the molecule is CC(=O)c1ccc(Cn2ccc(C)cc2=O)cc1. The van der Waals surface area contributed by atoms with Crippen molar-refractivity contribution in [1.82, 2.24) is 4.57 Å². The molecule has 0 fully saturated rings. The molecule has 0 aliphatic carbocycles. The summed E-state index contributed by atoms with van der Waals surface area (Å²) in [7, 11) is 0. The van der Waals surface area contributed by atoms with Crippen molar-refractivity contribution in [3.8, 4) is 0 Å². The van der Waals surface area contributed by atoms with Gasteiger partial charge in [0.05, 0.1) is 6.54 Å². The first-order valence-electron chi connectivity index (χ1n) is 5.83. The van der Waals surface area contributed by atoms with E-state index in [0.29, 0.717) is 12.1 Å². The minimum absolute atomic E-state index is 0.00866. The molecule has 0 N–H and O–H groups in total. The topological polar surface area (TPSA) is 39.1 Å². The lowest BCUT2D eigenvalue weighted by Gasteiger charge is -2.06. The van der Waals surface area contributed by atoms with Crippen molar-refractivity contribution in [2.45, 2.75) is 20.4 Å². The van der Waals surface area contributed by atoms with Gasteiger partial charge in [-0.2, -0.15) is 0 Å². The number of Topliss-reactive ketones (excluding diaryl/α,β-unsaturated/α-hetero) is 1. The lowest BCUT2D eigenvalue weighted by Crippen LogP contribution is -2.19. The first-order chi connectivity index (χ1) is 8.56. The molecule has 2 aromatic rings. The van der Waals surface area contributed by atoms with Gasteiger partial charge in [-0.15, -0.1) is 0 Å². The van der Waals surface area contributed by atoms with Gasteiger partial charge >= 0.3 is 0 Å². The summed E-state index contributed by atoms with van der Waals surface area (Å²) in [5, 5.41) is 0. The highest BCUT2D eigenvalue weighted by Gasteiger charge is 2.01. The van der Waals surface area contributed by atoms with E-state index in [-0.39, 0.29) is 11.3 Å². The normalized spacial score (nSPS) is 10.3. The number of aryl methyl sites for hydroxylation is 1. The molecule has 3 nitrogen and oxygen atoms in total. The molecule has 1 aromatic heterocycles.